The van der Waals surface area contributed by atoms with Crippen LogP contribution in [0.2, 0.25) is 5.02 Å². The van der Waals surface area contributed by atoms with Gasteiger partial charge >= 0.3 is 0 Å². The summed E-state index contributed by atoms with van der Waals surface area (Å²) >= 11 is 6.01. The number of aliphatic hydroxyl groups is 1. The number of nitrogens with zero attached hydrogens (tertiary/aromatic N) is 1. The number of hydrogen-bond acceptors (Lipinski definition) is 4. The van der Waals surface area contributed by atoms with Crippen molar-refractivity contribution in [2.75, 3.05) is 18.9 Å². The highest BCUT2D eigenvalue weighted by molar-refractivity contribution is 7.89. The average molecular weight is 319 g/mol. The molecule has 1 aromatic rings. The smallest absolute Gasteiger partial charge is 0.244 e. The minimum absolute atomic E-state index is 0.0134. The van der Waals surface area contributed by atoms with Gasteiger partial charge in [-0.25, -0.2) is 8.42 Å². The number of hydrogen-bond donors (Lipinski definition) is 2. The van der Waals surface area contributed by atoms with Gasteiger partial charge in [0.2, 0.25) is 10.0 Å². The highest BCUT2D eigenvalue weighted by Crippen LogP contribution is 2.30. The molecular formula is C13H19ClN2O3S. The molecule has 0 aromatic heterocycles. The van der Waals surface area contributed by atoms with Crippen molar-refractivity contribution in [2.24, 2.45) is 0 Å². The standard InChI is InChI=1S/C13H19ClN2O3S/c14-12-6-5-10(15)8-13(12)20(18,19)16-7-3-1-2-4-11(16)9-17/h5-6,8,11,17H,1-4,7,9,15H2. The zero-order valence-electron chi connectivity index (χ0n) is 11.1. The van der Waals surface area contributed by atoms with E-state index in [1.54, 1.807) is 6.07 Å². The first-order chi connectivity index (χ1) is 9.46. The van der Waals surface area contributed by atoms with Crippen LogP contribution in [0.5, 0.6) is 0 Å². The zero-order valence-corrected chi connectivity index (χ0v) is 12.7. The van der Waals surface area contributed by atoms with Crippen molar-refractivity contribution < 1.29 is 13.5 Å². The molecule has 5 nitrogen and oxygen atoms in total. The molecular weight excluding hydrogens is 300 g/mol. The van der Waals surface area contributed by atoms with Crippen LogP contribution < -0.4 is 5.73 Å². The quantitative estimate of drug-likeness (QED) is 0.833. The number of nitrogen functional groups attached to an aromatic ring is 1. The molecule has 0 amide bonds. The van der Waals surface area contributed by atoms with Crippen LogP contribution in [0.3, 0.4) is 0 Å². The zero-order chi connectivity index (χ0) is 14.8. The number of sulfonamides is 1. The van der Waals surface area contributed by atoms with Crippen molar-refractivity contribution in [3.8, 4) is 0 Å². The number of aliphatic hydroxyl groups excluding tert-OH is 1. The third kappa shape index (κ3) is 3.09. The summed E-state index contributed by atoms with van der Waals surface area (Å²) < 4.78 is 26.9. The summed E-state index contributed by atoms with van der Waals surface area (Å²) in [5.41, 5.74) is 6.01. The van der Waals surface area contributed by atoms with Crippen LogP contribution in [0.1, 0.15) is 25.7 Å². The van der Waals surface area contributed by atoms with Crippen molar-refractivity contribution in [3.05, 3.63) is 23.2 Å². The Bertz CT molecular complexity index is 577. The molecule has 2 rings (SSSR count). The number of rotatable bonds is 3. The summed E-state index contributed by atoms with van der Waals surface area (Å²) in [6, 6.07) is 4.03. The van der Waals surface area contributed by atoms with Gasteiger partial charge in [0.1, 0.15) is 4.90 Å². The SMILES string of the molecule is Nc1ccc(Cl)c(S(=O)(=O)N2CCCCCC2CO)c1. The molecule has 1 atom stereocenters. The first kappa shape index (κ1) is 15.6. The average Bonchev–Trinajstić information content (AvgIpc) is 2.66. The van der Waals surface area contributed by atoms with E-state index in [9.17, 15) is 13.5 Å². The summed E-state index contributed by atoms with van der Waals surface area (Å²) in [7, 11) is -3.74. The van der Waals surface area contributed by atoms with Crippen molar-refractivity contribution in [2.45, 2.75) is 36.6 Å². The van der Waals surface area contributed by atoms with E-state index in [4.69, 9.17) is 17.3 Å². The van der Waals surface area contributed by atoms with Gasteiger partial charge in [-0.15, -0.1) is 0 Å². The van der Waals surface area contributed by atoms with E-state index in [1.807, 2.05) is 0 Å². The molecule has 0 saturated carbocycles. The highest BCUT2D eigenvalue weighted by Gasteiger charge is 2.33. The Balaban J connectivity index is 2.44. The van der Waals surface area contributed by atoms with Crippen LogP contribution >= 0.6 is 11.6 Å². The molecule has 20 heavy (non-hydrogen) atoms. The van der Waals surface area contributed by atoms with Gasteiger partial charge in [0, 0.05) is 18.3 Å². The molecule has 1 saturated heterocycles. The molecule has 1 aromatic carbocycles. The fourth-order valence-electron chi connectivity index (χ4n) is 2.49. The fraction of sp³-hybridized carbons (Fsp3) is 0.538. The molecule has 1 aliphatic heterocycles. The molecule has 0 spiro atoms. The van der Waals surface area contributed by atoms with Gasteiger partial charge in [0.15, 0.2) is 0 Å². The Kier molecular flexibility index (Phi) is 4.90. The Morgan fingerprint density at radius 3 is 2.80 bits per heavy atom. The molecule has 112 valence electrons. The summed E-state index contributed by atoms with van der Waals surface area (Å²) in [6.45, 7) is 0.220. The topological polar surface area (TPSA) is 83.6 Å². The maximum Gasteiger partial charge on any atom is 0.244 e. The first-order valence-corrected chi connectivity index (χ1v) is 8.46. The van der Waals surface area contributed by atoms with Gasteiger partial charge in [-0.05, 0) is 31.0 Å². The van der Waals surface area contributed by atoms with Gasteiger partial charge in [0.25, 0.3) is 0 Å². The third-order valence-corrected chi connectivity index (χ3v) is 6.01. The minimum atomic E-state index is -3.74. The lowest BCUT2D eigenvalue weighted by Gasteiger charge is -2.28. The number of benzene rings is 1. The molecule has 0 aliphatic carbocycles. The van der Waals surface area contributed by atoms with Crippen molar-refractivity contribution >= 4 is 27.3 Å². The van der Waals surface area contributed by atoms with Crippen LogP contribution in [-0.4, -0.2) is 37.0 Å². The summed E-state index contributed by atoms with van der Waals surface area (Å²) in [5, 5.41) is 9.61. The molecule has 1 fully saturated rings. The lowest BCUT2D eigenvalue weighted by atomic mass is 10.1. The van der Waals surface area contributed by atoms with Crippen molar-refractivity contribution in [1.82, 2.24) is 4.31 Å². The van der Waals surface area contributed by atoms with Gasteiger partial charge in [-0.1, -0.05) is 24.4 Å². The van der Waals surface area contributed by atoms with Gasteiger partial charge in [0.05, 0.1) is 11.6 Å². The minimum Gasteiger partial charge on any atom is -0.399 e. The van der Waals surface area contributed by atoms with E-state index < -0.39 is 10.0 Å². The number of anilines is 1. The second-order valence-electron chi connectivity index (χ2n) is 4.99. The Labute approximate surface area is 124 Å². The summed E-state index contributed by atoms with van der Waals surface area (Å²) in [4.78, 5) is 0.0134. The Hall–Kier alpha value is -0.820. The summed E-state index contributed by atoms with van der Waals surface area (Å²) in [5.74, 6) is 0. The van der Waals surface area contributed by atoms with E-state index in [2.05, 4.69) is 0 Å². The predicted molar refractivity (Wildman–Crippen MR) is 79.1 cm³/mol. The Morgan fingerprint density at radius 1 is 1.35 bits per heavy atom. The van der Waals surface area contributed by atoms with E-state index >= 15 is 0 Å². The lowest BCUT2D eigenvalue weighted by Crippen LogP contribution is -2.42. The maximum atomic E-state index is 12.8. The second-order valence-corrected chi connectivity index (χ2v) is 7.26. The molecule has 1 aliphatic rings. The summed E-state index contributed by atoms with van der Waals surface area (Å²) in [6.07, 6.45) is 3.33. The highest BCUT2D eigenvalue weighted by atomic mass is 35.5. The molecule has 0 radical (unpaired) electrons. The van der Waals surface area contributed by atoms with Crippen LogP contribution in [0, 0.1) is 0 Å². The van der Waals surface area contributed by atoms with Crippen molar-refractivity contribution in [1.29, 1.82) is 0 Å². The molecule has 1 unspecified atom stereocenters. The van der Waals surface area contributed by atoms with Crippen LogP contribution in [0.15, 0.2) is 23.1 Å². The lowest BCUT2D eigenvalue weighted by molar-refractivity contribution is 0.186. The third-order valence-electron chi connectivity index (χ3n) is 3.58. The second kappa shape index (κ2) is 6.30. The van der Waals surface area contributed by atoms with Crippen LogP contribution in [0.25, 0.3) is 0 Å². The van der Waals surface area contributed by atoms with E-state index in [1.165, 1.54) is 16.4 Å². The predicted octanol–water partition coefficient (Wildman–Crippen LogP) is 1.85. The Morgan fingerprint density at radius 2 is 2.10 bits per heavy atom. The molecule has 0 bridgehead atoms. The maximum absolute atomic E-state index is 12.8. The van der Waals surface area contributed by atoms with E-state index in [0.717, 1.165) is 19.3 Å². The van der Waals surface area contributed by atoms with Crippen LogP contribution in [-0.2, 0) is 10.0 Å². The van der Waals surface area contributed by atoms with Gasteiger partial charge in [-0.3, -0.25) is 0 Å². The largest absolute Gasteiger partial charge is 0.399 e. The van der Waals surface area contributed by atoms with E-state index in [0.29, 0.717) is 18.7 Å². The monoisotopic (exact) mass is 318 g/mol. The number of halogens is 1. The van der Waals surface area contributed by atoms with Gasteiger partial charge in [-0.2, -0.15) is 4.31 Å². The van der Waals surface area contributed by atoms with E-state index in [-0.39, 0.29) is 22.6 Å². The fourth-order valence-corrected chi connectivity index (χ4v) is 4.69. The van der Waals surface area contributed by atoms with Crippen LogP contribution in [0.4, 0.5) is 5.69 Å². The first-order valence-electron chi connectivity index (χ1n) is 6.64. The normalized spacial score (nSPS) is 21.6. The molecule has 3 N–H and O–H groups in total. The molecule has 7 heteroatoms. The van der Waals surface area contributed by atoms with Crippen molar-refractivity contribution in [3.63, 3.8) is 0 Å². The van der Waals surface area contributed by atoms with Gasteiger partial charge < -0.3 is 10.8 Å². The molecule has 1 heterocycles. The number of nitrogens with two attached hydrogens (primary N) is 1.